The van der Waals surface area contributed by atoms with Crippen LogP contribution in [-0.2, 0) is 22.5 Å². The van der Waals surface area contributed by atoms with E-state index < -0.39 is 0 Å². The van der Waals surface area contributed by atoms with Crippen molar-refractivity contribution in [1.29, 1.82) is 0 Å². The van der Waals surface area contributed by atoms with E-state index in [9.17, 15) is 4.79 Å². The average Bonchev–Trinajstić information content (AvgIpc) is 2.61. The van der Waals surface area contributed by atoms with Gasteiger partial charge in [-0.15, -0.1) is 0 Å². The second-order valence-corrected chi connectivity index (χ2v) is 4.75. The van der Waals surface area contributed by atoms with E-state index in [1.54, 1.807) is 6.20 Å². The van der Waals surface area contributed by atoms with Crippen molar-refractivity contribution in [3.8, 4) is 0 Å². The lowest BCUT2D eigenvalue weighted by atomic mass is 10.2. The van der Waals surface area contributed by atoms with Crippen LogP contribution in [0, 0.1) is 0 Å². The van der Waals surface area contributed by atoms with Crippen LogP contribution in [0.3, 0.4) is 0 Å². The van der Waals surface area contributed by atoms with Crippen molar-refractivity contribution in [1.82, 2.24) is 9.55 Å². The van der Waals surface area contributed by atoms with Crippen LogP contribution >= 0.6 is 0 Å². The van der Waals surface area contributed by atoms with Crippen molar-refractivity contribution < 1.29 is 9.53 Å². The molecule has 0 N–H and O–H groups in total. The molecule has 0 radical (unpaired) electrons. The van der Waals surface area contributed by atoms with Gasteiger partial charge in [0.2, 0.25) is 0 Å². The summed E-state index contributed by atoms with van der Waals surface area (Å²) in [5.74, 6) is 0.876. The molecule has 0 aromatic carbocycles. The number of nitrogens with zero attached hydrogens (tertiary/aromatic N) is 2. The van der Waals surface area contributed by atoms with Gasteiger partial charge in [0.1, 0.15) is 12.4 Å². The number of hydrogen-bond donors (Lipinski definition) is 0. The standard InChI is InChI=1S/C12H20N2O2/c1-5-14-7-6-13-11(14)8-10(15)9-16-12(2,3)4/h6-7H,5,8-9H2,1-4H3. The summed E-state index contributed by atoms with van der Waals surface area (Å²) in [4.78, 5) is 15.8. The number of ether oxygens (including phenoxy) is 1. The lowest BCUT2D eigenvalue weighted by Crippen LogP contribution is -2.25. The Morgan fingerprint density at radius 1 is 1.50 bits per heavy atom. The molecular formula is C12H20N2O2. The zero-order valence-electron chi connectivity index (χ0n) is 10.5. The van der Waals surface area contributed by atoms with E-state index in [-0.39, 0.29) is 18.0 Å². The third-order valence-electron chi connectivity index (χ3n) is 2.16. The summed E-state index contributed by atoms with van der Waals surface area (Å²) in [6.45, 7) is 8.83. The first-order chi connectivity index (χ1) is 7.42. The first-order valence-corrected chi connectivity index (χ1v) is 5.58. The van der Waals surface area contributed by atoms with Crippen LogP contribution < -0.4 is 0 Å². The molecule has 0 saturated heterocycles. The van der Waals surface area contributed by atoms with Gasteiger partial charge in [0.25, 0.3) is 0 Å². The minimum atomic E-state index is -0.268. The Morgan fingerprint density at radius 2 is 2.19 bits per heavy atom. The molecule has 0 atom stereocenters. The summed E-state index contributed by atoms with van der Waals surface area (Å²) in [5.41, 5.74) is -0.268. The topological polar surface area (TPSA) is 44.1 Å². The highest BCUT2D eigenvalue weighted by atomic mass is 16.5. The zero-order valence-corrected chi connectivity index (χ0v) is 10.5. The molecule has 0 fully saturated rings. The quantitative estimate of drug-likeness (QED) is 0.766. The molecule has 0 amide bonds. The molecule has 1 aromatic heterocycles. The van der Waals surface area contributed by atoms with Gasteiger partial charge in [0.15, 0.2) is 5.78 Å². The maximum Gasteiger partial charge on any atom is 0.165 e. The second kappa shape index (κ2) is 5.25. The molecule has 1 aromatic rings. The fourth-order valence-electron chi connectivity index (χ4n) is 1.32. The molecule has 0 spiro atoms. The molecule has 0 aliphatic heterocycles. The van der Waals surface area contributed by atoms with E-state index >= 15 is 0 Å². The van der Waals surface area contributed by atoms with Gasteiger partial charge in [0.05, 0.1) is 12.0 Å². The highest BCUT2D eigenvalue weighted by Crippen LogP contribution is 2.07. The number of carbonyl (C=O) groups is 1. The van der Waals surface area contributed by atoms with Crippen molar-refractivity contribution in [2.75, 3.05) is 6.61 Å². The predicted molar refractivity (Wildman–Crippen MR) is 62.3 cm³/mol. The van der Waals surface area contributed by atoms with Crippen LogP contribution in [0.5, 0.6) is 0 Å². The summed E-state index contributed by atoms with van der Waals surface area (Å²) in [6.07, 6.45) is 3.95. The summed E-state index contributed by atoms with van der Waals surface area (Å²) in [5, 5.41) is 0. The molecule has 4 heteroatoms. The monoisotopic (exact) mass is 224 g/mol. The van der Waals surface area contributed by atoms with Gasteiger partial charge >= 0.3 is 0 Å². The number of aryl methyl sites for hydroxylation is 1. The van der Waals surface area contributed by atoms with Crippen LogP contribution in [-0.4, -0.2) is 27.5 Å². The molecule has 4 nitrogen and oxygen atoms in total. The fraction of sp³-hybridized carbons (Fsp3) is 0.667. The number of Topliss-reactive ketones (excluding diaryl/α,β-unsaturated/α-hetero) is 1. The summed E-state index contributed by atoms with van der Waals surface area (Å²) in [7, 11) is 0. The number of carbonyl (C=O) groups excluding carboxylic acids is 1. The molecule has 0 saturated carbocycles. The molecule has 0 unspecified atom stereocenters. The summed E-state index contributed by atoms with van der Waals surface area (Å²) >= 11 is 0. The number of hydrogen-bond acceptors (Lipinski definition) is 3. The lowest BCUT2D eigenvalue weighted by molar-refractivity contribution is -0.127. The molecule has 0 aliphatic carbocycles. The highest BCUT2D eigenvalue weighted by Gasteiger charge is 2.14. The van der Waals surface area contributed by atoms with Crippen LogP contribution in [0.15, 0.2) is 12.4 Å². The van der Waals surface area contributed by atoms with E-state index in [2.05, 4.69) is 4.98 Å². The minimum absolute atomic E-state index is 0.0656. The number of ketones is 1. The van der Waals surface area contributed by atoms with E-state index in [1.807, 2.05) is 38.5 Å². The largest absolute Gasteiger partial charge is 0.368 e. The van der Waals surface area contributed by atoms with Gasteiger partial charge in [-0.25, -0.2) is 4.98 Å². The van der Waals surface area contributed by atoms with Crippen LogP contribution in [0.25, 0.3) is 0 Å². The van der Waals surface area contributed by atoms with Gasteiger partial charge in [-0.3, -0.25) is 4.79 Å². The van der Waals surface area contributed by atoms with Gasteiger partial charge < -0.3 is 9.30 Å². The number of aromatic nitrogens is 2. The fourth-order valence-corrected chi connectivity index (χ4v) is 1.32. The van der Waals surface area contributed by atoms with E-state index in [1.165, 1.54) is 0 Å². The predicted octanol–water partition coefficient (Wildman–Crippen LogP) is 1.83. The minimum Gasteiger partial charge on any atom is -0.368 e. The Morgan fingerprint density at radius 3 is 2.75 bits per heavy atom. The average molecular weight is 224 g/mol. The van der Waals surface area contributed by atoms with E-state index in [0.29, 0.717) is 6.42 Å². The van der Waals surface area contributed by atoms with Crippen molar-refractivity contribution in [3.05, 3.63) is 18.2 Å². The van der Waals surface area contributed by atoms with Crippen molar-refractivity contribution in [2.45, 2.75) is 46.3 Å². The van der Waals surface area contributed by atoms with Crippen LogP contribution in [0.1, 0.15) is 33.5 Å². The Kier molecular flexibility index (Phi) is 4.24. The second-order valence-electron chi connectivity index (χ2n) is 4.75. The van der Waals surface area contributed by atoms with Crippen LogP contribution in [0.2, 0.25) is 0 Å². The number of imidazole rings is 1. The molecule has 0 aliphatic rings. The Bertz CT molecular complexity index is 350. The SMILES string of the molecule is CCn1ccnc1CC(=O)COC(C)(C)C. The van der Waals surface area contributed by atoms with Crippen molar-refractivity contribution in [3.63, 3.8) is 0 Å². The van der Waals surface area contributed by atoms with E-state index in [0.717, 1.165) is 12.4 Å². The van der Waals surface area contributed by atoms with Crippen molar-refractivity contribution >= 4 is 5.78 Å². The molecule has 1 rings (SSSR count). The smallest absolute Gasteiger partial charge is 0.165 e. The normalized spacial score (nSPS) is 11.8. The molecule has 0 bridgehead atoms. The molecule has 1 heterocycles. The molecule has 16 heavy (non-hydrogen) atoms. The zero-order chi connectivity index (χ0) is 12.2. The maximum absolute atomic E-state index is 11.6. The summed E-state index contributed by atoms with van der Waals surface area (Å²) in [6, 6.07) is 0. The first-order valence-electron chi connectivity index (χ1n) is 5.58. The molecule has 90 valence electrons. The lowest BCUT2D eigenvalue weighted by Gasteiger charge is -2.18. The first kappa shape index (κ1) is 12.9. The highest BCUT2D eigenvalue weighted by molar-refractivity contribution is 5.81. The Labute approximate surface area is 96.6 Å². The maximum atomic E-state index is 11.6. The van der Waals surface area contributed by atoms with Crippen LogP contribution in [0.4, 0.5) is 0 Å². The third-order valence-corrected chi connectivity index (χ3v) is 2.16. The van der Waals surface area contributed by atoms with Crippen molar-refractivity contribution in [2.24, 2.45) is 0 Å². The van der Waals surface area contributed by atoms with Gasteiger partial charge in [-0.05, 0) is 27.7 Å². The van der Waals surface area contributed by atoms with Gasteiger partial charge in [0, 0.05) is 18.9 Å². The summed E-state index contributed by atoms with van der Waals surface area (Å²) < 4.78 is 7.39. The number of rotatable bonds is 5. The molecular weight excluding hydrogens is 204 g/mol. The Hall–Kier alpha value is -1.16. The third kappa shape index (κ3) is 4.14. The van der Waals surface area contributed by atoms with E-state index in [4.69, 9.17) is 4.74 Å². The van der Waals surface area contributed by atoms with Gasteiger partial charge in [-0.1, -0.05) is 0 Å². The Balaban J connectivity index is 2.46. The van der Waals surface area contributed by atoms with Gasteiger partial charge in [-0.2, -0.15) is 0 Å².